The van der Waals surface area contributed by atoms with Gasteiger partial charge >= 0.3 is 5.97 Å². The Kier molecular flexibility index (Phi) is 4.45. The van der Waals surface area contributed by atoms with Crippen LogP contribution in [0.1, 0.15) is 15.9 Å². The number of hydrogen-bond donors (Lipinski definition) is 2. The molecule has 0 atom stereocenters. The molecule has 6 heteroatoms. The SMILES string of the molecule is COC(=O)c1cc(N)ccc1Nc1cc(Br)ccc1C#N. The number of nitrogens with zero attached hydrogens (tertiary/aromatic N) is 1. The molecule has 21 heavy (non-hydrogen) atoms. The van der Waals surface area contributed by atoms with Gasteiger partial charge in [-0.05, 0) is 36.4 Å². The smallest absolute Gasteiger partial charge is 0.340 e. The number of nitrogen functional groups attached to an aromatic ring is 1. The second kappa shape index (κ2) is 6.29. The van der Waals surface area contributed by atoms with Crippen LogP contribution in [0, 0.1) is 11.3 Å². The van der Waals surface area contributed by atoms with Crippen LogP contribution in [0.4, 0.5) is 17.1 Å². The molecule has 0 aromatic heterocycles. The molecule has 106 valence electrons. The molecule has 0 aliphatic heterocycles. The van der Waals surface area contributed by atoms with Crippen molar-refractivity contribution in [2.24, 2.45) is 0 Å². The van der Waals surface area contributed by atoms with Crippen LogP contribution in [0.2, 0.25) is 0 Å². The fourth-order valence-electron chi connectivity index (χ4n) is 1.81. The fourth-order valence-corrected chi connectivity index (χ4v) is 2.17. The van der Waals surface area contributed by atoms with Crippen LogP contribution < -0.4 is 11.1 Å². The standard InChI is InChI=1S/C15H12BrN3O2/c1-21-15(20)12-7-11(18)4-5-13(12)19-14-6-10(16)3-2-9(14)8-17/h2-7,19H,18H2,1H3. The van der Waals surface area contributed by atoms with Crippen LogP contribution in [0.25, 0.3) is 0 Å². The summed E-state index contributed by atoms with van der Waals surface area (Å²) in [6.45, 7) is 0. The van der Waals surface area contributed by atoms with Crippen LogP contribution >= 0.6 is 15.9 Å². The Morgan fingerprint density at radius 3 is 2.71 bits per heavy atom. The van der Waals surface area contributed by atoms with E-state index in [1.54, 1.807) is 30.3 Å². The summed E-state index contributed by atoms with van der Waals surface area (Å²) >= 11 is 3.35. The van der Waals surface area contributed by atoms with Gasteiger partial charge in [-0.15, -0.1) is 0 Å². The monoisotopic (exact) mass is 345 g/mol. The number of benzene rings is 2. The van der Waals surface area contributed by atoms with Crippen molar-refractivity contribution in [3.8, 4) is 6.07 Å². The first-order valence-electron chi connectivity index (χ1n) is 5.99. The van der Waals surface area contributed by atoms with E-state index in [0.717, 1.165) is 4.47 Å². The highest BCUT2D eigenvalue weighted by Gasteiger charge is 2.14. The highest BCUT2D eigenvalue weighted by atomic mass is 79.9. The Morgan fingerprint density at radius 2 is 2.05 bits per heavy atom. The molecule has 5 nitrogen and oxygen atoms in total. The van der Waals surface area contributed by atoms with E-state index in [1.165, 1.54) is 13.2 Å². The van der Waals surface area contributed by atoms with Gasteiger partial charge in [0, 0.05) is 10.2 Å². The molecule has 0 amide bonds. The van der Waals surface area contributed by atoms with E-state index in [1.807, 2.05) is 0 Å². The molecule has 3 N–H and O–H groups in total. The zero-order valence-corrected chi connectivity index (χ0v) is 12.8. The van der Waals surface area contributed by atoms with Gasteiger partial charge in [-0.2, -0.15) is 5.26 Å². The molecule has 2 aromatic rings. The summed E-state index contributed by atoms with van der Waals surface area (Å²) < 4.78 is 5.56. The fraction of sp³-hybridized carbons (Fsp3) is 0.0667. The number of nitrogens with one attached hydrogen (secondary N) is 1. The Balaban J connectivity index is 2.47. The summed E-state index contributed by atoms with van der Waals surface area (Å²) in [6.07, 6.45) is 0. The first-order chi connectivity index (χ1) is 10.0. The predicted molar refractivity (Wildman–Crippen MR) is 84.3 cm³/mol. The lowest BCUT2D eigenvalue weighted by Gasteiger charge is -2.13. The molecule has 0 aliphatic rings. The van der Waals surface area contributed by atoms with Gasteiger partial charge in [0.1, 0.15) is 6.07 Å². The normalized spacial score (nSPS) is 9.76. The van der Waals surface area contributed by atoms with Gasteiger partial charge in [-0.25, -0.2) is 4.79 Å². The third-order valence-electron chi connectivity index (χ3n) is 2.82. The summed E-state index contributed by atoms with van der Waals surface area (Å²) in [4.78, 5) is 11.8. The molecular formula is C15H12BrN3O2. The van der Waals surface area contributed by atoms with Crippen LogP contribution in [-0.4, -0.2) is 13.1 Å². The van der Waals surface area contributed by atoms with Gasteiger partial charge in [-0.3, -0.25) is 0 Å². The zero-order valence-electron chi connectivity index (χ0n) is 11.2. The quantitative estimate of drug-likeness (QED) is 0.657. The summed E-state index contributed by atoms with van der Waals surface area (Å²) in [6, 6.07) is 12.2. The Morgan fingerprint density at radius 1 is 1.29 bits per heavy atom. The zero-order chi connectivity index (χ0) is 15.4. The van der Waals surface area contributed by atoms with Crippen LogP contribution in [0.3, 0.4) is 0 Å². The van der Waals surface area contributed by atoms with E-state index in [0.29, 0.717) is 28.2 Å². The number of rotatable bonds is 3. The van der Waals surface area contributed by atoms with E-state index >= 15 is 0 Å². The highest BCUT2D eigenvalue weighted by molar-refractivity contribution is 9.10. The summed E-state index contributed by atoms with van der Waals surface area (Å²) in [7, 11) is 1.30. The molecule has 0 heterocycles. The topological polar surface area (TPSA) is 88.1 Å². The van der Waals surface area contributed by atoms with Crippen molar-refractivity contribution < 1.29 is 9.53 Å². The number of nitrogens with two attached hydrogens (primary N) is 1. The average Bonchev–Trinajstić information content (AvgIpc) is 2.48. The highest BCUT2D eigenvalue weighted by Crippen LogP contribution is 2.28. The molecule has 0 saturated heterocycles. The number of carbonyl (C=O) groups is 1. The van der Waals surface area contributed by atoms with Crippen molar-refractivity contribution in [1.29, 1.82) is 5.26 Å². The maximum Gasteiger partial charge on any atom is 0.340 e. The Bertz CT molecular complexity index is 738. The summed E-state index contributed by atoms with van der Waals surface area (Å²) in [5, 5.41) is 12.2. The van der Waals surface area contributed by atoms with Gasteiger partial charge in [0.05, 0.1) is 29.6 Å². The van der Waals surface area contributed by atoms with Crippen molar-refractivity contribution in [3.05, 3.63) is 52.0 Å². The third kappa shape index (κ3) is 3.33. The van der Waals surface area contributed by atoms with Gasteiger partial charge in [0.25, 0.3) is 0 Å². The maximum atomic E-state index is 11.8. The van der Waals surface area contributed by atoms with Gasteiger partial charge in [0.15, 0.2) is 0 Å². The van der Waals surface area contributed by atoms with Crippen molar-refractivity contribution in [2.75, 3.05) is 18.2 Å². The number of esters is 1. The largest absolute Gasteiger partial charge is 0.465 e. The van der Waals surface area contributed by atoms with Crippen molar-refractivity contribution >= 4 is 39.0 Å². The molecular weight excluding hydrogens is 334 g/mol. The predicted octanol–water partition coefficient (Wildman–Crippen LogP) is 3.43. The Hall–Kier alpha value is -2.52. The molecule has 0 fully saturated rings. The molecule has 0 aliphatic carbocycles. The average molecular weight is 346 g/mol. The lowest BCUT2D eigenvalue weighted by molar-refractivity contribution is 0.0602. The second-order valence-corrected chi connectivity index (χ2v) is 5.14. The van der Waals surface area contributed by atoms with E-state index in [2.05, 4.69) is 27.3 Å². The minimum absolute atomic E-state index is 0.307. The summed E-state index contributed by atoms with van der Waals surface area (Å²) in [5.41, 5.74) is 8.03. The van der Waals surface area contributed by atoms with Crippen LogP contribution in [-0.2, 0) is 4.74 Å². The third-order valence-corrected chi connectivity index (χ3v) is 3.31. The molecule has 0 radical (unpaired) electrons. The van der Waals surface area contributed by atoms with Crippen molar-refractivity contribution in [3.63, 3.8) is 0 Å². The van der Waals surface area contributed by atoms with E-state index in [-0.39, 0.29) is 0 Å². The molecule has 0 saturated carbocycles. The second-order valence-electron chi connectivity index (χ2n) is 4.22. The number of nitriles is 1. The van der Waals surface area contributed by atoms with Crippen molar-refractivity contribution in [1.82, 2.24) is 0 Å². The first kappa shape index (κ1) is 14.9. The number of hydrogen-bond acceptors (Lipinski definition) is 5. The van der Waals surface area contributed by atoms with Gasteiger partial charge < -0.3 is 15.8 Å². The molecule has 2 rings (SSSR count). The lowest BCUT2D eigenvalue weighted by atomic mass is 10.1. The molecule has 2 aromatic carbocycles. The first-order valence-corrected chi connectivity index (χ1v) is 6.79. The maximum absolute atomic E-state index is 11.8. The van der Waals surface area contributed by atoms with Crippen LogP contribution in [0.15, 0.2) is 40.9 Å². The number of carbonyl (C=O) groups excluding carboxylic acids is 1. The number of methoxy groups -OCH3 is 1. The molecule has 0 spiro atoms. The number of anilines is 3. The molecule has 0 unspecified atom stereocenters. The van der Waals surface area contributed by atoms with E-state index < -0.39 is 5.97 Å². The van der Waals surface area contributed by atoms with E-state index in [9.17, 15) is 4.79 Å². The van der Waals surface area contributed by atoms with Gasteiger partial charge in [0.2, 0.25) is 0 Å². The number of halogens is 1. The minimum atomic E-state index is -0.502. The summed E-state index contributed by atoms with van der Waals surface area (Å²) in [5.74, 6) is -0.502. The van der Waals surface area contributed by atoms with Crippen LogP contribution in [0.5, 0.6) is 0 Å². The van der Waals surface area contributed by atoms with Crippen molar-refractivity contribution in [2.45, 2.75) is 0 Å². The van der Waals surface area contributed by atoms with Gasteiger partial charge in [-0.1, -0.05) is 15.9 Å². The number of ether oxygens (including phenoxy) is 1. The van der Waals surface area contributed by atoms with E-state index in [4.69, 9.17) is 15.7 Å². The minimum Gasteiger partial charge on any atom is -0.465 e. The Labute approximate surface area is 130 Å². The molecule has 0 bridgehead atoms. The lowest BCUT2D eigenvalue weighted by Crippen LogP contribution is -2.07.